The number of hydrogen-bond acceptors (Lipinski definition) is 1. The van der Waals surface area contributed by atoms with Gasteiger partial charge in [-0.25, -0.2) is 0 Å². The van der Waals surface area contributed by atoms with E-state index >= 15 is 0 Å². The molecule has 50 valence electrons. The van der Waals surface area contributed by atoms with Crippen molar-refractivity contribution >= 4 is 29.0 Å². The third-order valence-corrected chi connectivity index (χ3v) is 1.85. The van der Waals surface area contributed by atoms with Crippen LogP contribution in [-0.2, 0) is 4.79 Å². The van der Waals surface area contributed by atoms with E-state index in [1.54, 1.807) is 0 Å². The molecule has 1 aliphatic carbocycles. The van der Waals surface area contributed by atoms with Crippen LogP contribution in [0.5, 0.6) is 0 Å². The highest BCUT2D eigenvalue weighted by molar-refractivity contribution is 6.57. The van der Waals surface area contributed by atoms with Gasteiger partial charge in [-0.15, -0.1) is 0 Å². The summed E-state index contributed by atoms with van der Waals surface area (Å²) in [4.78, 5) is 10.8. The Balaban J connectivity index is 2.83. The molecule has 0 spiro atoms. The van der Waals surface area contributed by atoms with Crippen LogP contribution in [-0.4, -0.2) is 5.78 Å². The molecular weight excluding hydrogens is 159 g/mol. The summed E-state index contributed by atoms with van der Waals surface area (Å²) in [7, 11) is 0. The van der Waals surface area contributed by atoms with Crippen molar-refractivity contribution in [3.8, 4) is 0 Å². The molecule has 9 heavy (non-hydrogen) atoms. The Morgan fingerprint density at radius 1 is 1.33 bits per heavy atom. The lowest BCUT2D eigenvalue weighted by atomic mass is 10.2. The molecule has 0 aromatic heterocycles. The van der Waals surface area contributed by atoms with Crippen molar-refractivity contribution in [3.05, 3.63) is 10.1 Å². The molecule has 0 aromatic rings. The Labute approximate surface area is 63.6 Å². The minimum Gasteiger partial charge on any atom is -0.294 e. The maximum Gasteiger partial charge on any atom is 0.161 e. The van der Waals surface area contributed by atoms with Crippen molar-refractivity contribution in [2.45, 2.75) is 19.3 Å². The number of rotatable bonds is 0. The van der Waals surface area contributed by atoms with E-state index in [1.165, 1.54) is 0 Å². The van der Waals surface area contributed by atoms with Crippen molar-refractivity contribution in [1.29, 1.82) is 0 Å². The van der Waals surface area contributed by atoms with E-state index in [-0.39, 0.29) is 10.3 Å². The van der Waals surface area contributed by atoms with E-state index in [0.29, 0.717) is 12.0 Å². The highest BCUT2D eigenvalue weighted by atomic mass is 35.5. The minimum absolute atomic E-state index is 0.106. The lowest BCUT2D eigenvalue weighted by Crippen LogP contribution is -1.90. The van der Waals surface area contributed by atoms with Gasteiger partial charge in [0, 0.05) is 12.0 Å². The van der Waals surface area contributed by atoms with Gasteiger partial charge in [0.2, 0.25) is 0 Å². The number of carbonyl (C=O) groups is 1. The second-order valence-electron chi connectivity index (χ2n) is 2.02. The molecule has 0 saturated heterocycles. The molecule has 3 heteroatoms. The predicted molar refractivity (Wildman–Crippen MR) is 37.6 cm³/mol. The first-order valence-electron chi connectivity index (χ1n) is 2.79. The van der Waals surface area contributed by atoms with Gasteiger partial charge in [0.05, 0.1) is 0 Å². The second kappa shape index (κ2) is 2.72. The second-order valence-corrected chi connectivity index (χ2v) is 2.97. The van der Waals surface area contributed by atoms with Gasteiger partial charge in [0.25, 0.3) is 0 Å². The number of allylic oxidation sites excluding steroid dienone is 1. The molecule has 0 aliphatic heterocycles. The fourth-order valence-electron chi connectivity index (χ4n) is 0.916. The Morgan fingerprint density at radius 2 is 2.00 bits per heavy atom. The van der Waals surface area contributed by atoms with E-state index in [2.05, 4.69) is 0 Å². The number of halogens is 2. The zero-order valence-corrected chi connectivity index (χ0v) is 6.30. The fraction of sp³-hybridized carbons (Fsp3) is 0.500. The van der Waals surface area contributed by atoms with Crippen molar-refractivity contribution in [3.63, 3.8) is 0 Å². The topological polar surface area (TPSA) is 17.1 Å². The van der Waals surface area contributed by atoms with Crippen LogP contribution >= 0.6 is 23.2 Å². The van der Waals surface area contributed by atoms with Crippen molar-refractivity contribution in [1.82, 2.24) is 0 Å². The van der Waals surface area contributed by atoms with Crippen LogP contribution in [0.15, 0.2) is 10.1 Å². The maximum atomic E-state index is 10.8. The van der Waals surface area contributed by atoms with E-state index in [0.717, 1.165) is 12.8 Å². The highest BCUT2D eigenvalue weighted by Gasteiger charge is 2.19. The van der Waals surface area contributed by atoms with Crippen molar-refractivity contribution < 1.29 is 4.79 Å². The standard InChI is InChI=1S/C6H6Cl2O/c7-6(8)4-2-1-3-5(4)9/h1-3H2. The smallest absolute Gasteiger partial charge is 0.161 e. The zero-order valence-electron chi connectivity index (χ0n) is 4.79. The molecule has 0 unspecified atom stereocenters. The molecule has 0 aromatic carbocycles. The van der Waals surface area contributed by atoms with Gasteiger partial charge in [-0.05, 0) is 12.8 Å². The molecule has 0 radical (unpaired) electrons. The Kier molecular flexibility index (Phi) is 2.14. The van der Waals surface area contributed by atoms with E-state index in [4.69, 9.17) is 23.2 Å². The highest BCUT2D eigenvalue weighted by Crippen LogP contribution is 2.27. The van der Waals surface area contributed by atoms with Gasteiger partial charge in [-0.2, -0.15) is 0 Å². The summed E-state index contributed by atoms with van der Waals surface area (Å²) in [5.74, 6) is 0.106. The summed E-state index contributed by atoms with van der Waals surface area (Å²) < 4.78 is 0.150. The molecule has 1 rings (SSSR count). The number of carbonyl (C=O) groups excluding carboxylic acids is 1. The fourth-order valence-corrected chi connectivity index (χ4v) is 1.32. The van der Waals surface area contributed by atoms with Crippen LogP contribution in [0, 0.1) is 0 Å². The molecule has 0 atom stereocenters. The van der Waals surface area contributed by atoms with Gasteiger partial charge < -0.3 is 0 Å². The van der Waals surface area contributed by atoms with Crippen LogP contribution in [0.25, 0.3) is 0 Å². The SMILES string of the molecule is O=C1CCCC1=C(Cl)Cl. The van der Waals surface area contributed by atoms with Gasteiger partial charge in [0.1, 0.15) is 4.49 Å². The Morgan fingerprint density at radius 3 is 2.22 bits per heavy atom. The van der Waals surface area contributed by atoms with Crippen molar-refractivity contribution in [2.75, 3.05) is 0 Å². The van der Waals surface area contributed by atoms with Crippen LogP contribution in [0.2, 0.25) is 0 Å². The first kappa shape index (κ1) is 7.10. The molecule has 0 N–H and O–H groups in total. The van der Waals surface area contributed by atoms with Gasteiger partial charge in [-0.1, -0.05) is 23.2 Å². The van der Waals surface area contributed by atoms with Crippen LogP contribution in [0.4, 0.5) is 0 Å². The quantitative estimate of drug-likeness (QED) is 0.503. The normalized spacial score (nSPS) is 18.9. The summed E-state index contributed by atoms with van der Waals surface area (Å²) in [5.41, 5.74) is 0.610. The Bertz CT molecular complexity index is 168. The molecule has 1 fully saturated rings. The first-order chi connectivity index (χ1) is 4.22. The van der Waals surface area contributed by atoms with Gasteiger partial charge >= 0.3 is 0 Å². The minimum atomic E-state index is 0.106. The van der Waals surface area contributed by atoms with Gasteiger partial charge in [-0.3, -0.25) is 4.79 Å². The van der Waals surface area contributed by atoms with E-state index in [9.17, 15) is 4.79 Å². The van der Waals surface area contributed by atoms with Gasteiger partial charge in [0.15, 0.2) is 5.78 Å². The average Bonchev–Trinajstić information content (AvgIpc) is 2.13. The molecule has 0 heterocycles. The van der Waals surface area contributed by atoms with Crippen LogP contribution in [0.3, 0.4) is 0 Å². The van der Waals surface area contributed by atoms with Crippen LogP contribution in [0.1, 0.15) is 19.3 Å². The third-order valence-electron chi connectivity index (χ3n) is 1.40. The number of Topliss-reactive ketones (excluding diaryl/α,β-unsaturated/α-hetero) is 1. The van der Waals surface area contributed by atoms with Crippen LogP contribution < -0.4 is 0 Å². The Hall–Kier alpha value is -0.0100. The zero-order chi connectivity index (χ0) is 6.85. The summed E-state index contributed by atoms with van der Waals surface area (Å²) in [6.07, 6.45) is 2.26. The summed E-state index contributed by atoms with van der Waals surface area (Å²) >= 11 is 10.8. The van der Waals surface area contributed by atoms with E-state index < -0.39 is 0 Å². The van der Waals surface area contributed by atoms with Crippen molar-refractivity contribution in [2.24, 2.45) is 0 Å². The summed E-state index contributed by atoms with van der Waals surface area (Å²) in [6, 6.07) is 0. The first-order valence-corrected chi connectivity index (χ1v) is 3.55. The molecule has 1 nitrogen and oxygen atoms in total. The maximum absolute atomic E-state index is 10.8. The molecule has 1 aliphatic rings. The third kappa shape index (κ3) is 1.46. The largest absolute Gasteiger partial charge is 0.294 e. The number of hydrogen-bond donors (Lipinski definition) is 0. The summed E-state index contributed by atoms with van der Waals surface area (Å²) in [6.45, 7) is 0. The lowest BCUT2D eigenvalue weighted by Gasteiger charge is -1.89. The molecule has 0 bridgehead atoms. The monoisotopic (exact) mass is 164 g/mol. The van der Waals surface area contributed by atoms with E-state index in [1.807, 2.05) is 0 Å². The molecule has 0 amide bonds. The lowest BCUT2D eigenvalue weighted by molar-refractivity contribution is -0.114. The predicted octanol–water partition coefficient (Wildman–Crippen LogP) is 2.43. The molecular formula is C6H6Cl2O. The number of ketones is 1. The summed E-state index contributed by atoms with van der Waals surface area (Å²) in [5, 5.41) is 0. The average molecular weight is 165 g/mol. The molecule has 1 saturated carbocycles.